The van der Waals surface area contributed by atoms with Crippen LogP contribution < -0.4 is 5.32 Å². The lowest BCUT2D eigenvalue weighted by molar-refractivity contribution is -0.125. The maximum atomic E-state index is 13.2. The summed E-state index contributed by atoms with van der Waals surface area (Å²) >= 11 is 1.32. The first-order valence-corrected chi connectivity index (χ1v) is 12.7. The number of benzene rings is 1. The van der Waals surface area contributed by atoms with E-state index in [1.54, 1.807) is 12.1 Å². The number of hydrogen-bond donors (Lipinski definition) is 1. The Morgan fingerprint density at radius 2 is 2.00 bits per heavy atom. The van der Waals surface area contributed by atoms with Gasteiger partial charge in [-0.25, -0.2) is 9.97 Å². The number of para-hydroxylation sites is 2. The third-order valence-electron chi connectivity index (χ3n) is 7.29. The fraction of sp³-hybridized carbons (Fsp3) is 0.259. The van der Waals surface area contributed by atoms with Gasteiger partial charge in [0, 0.05) is 35.8 Å². The van der Waals surface area contributed by atoms with Crippen LogP contribution in [0, 0.1) is 11.4 Å². The van der Waals surface area contributed by atoms with E-state index in [-0.39, 0.29) is 23.3 Å². The lowest BCUT2D eigenvalue weighted by atomic mass is 9.65. The van der Waals surface area contributed by atoms with Gasteiger partial charge >= 0.3 is 0 Å². The molecule has 1 aliphatic heterocycles. The van der Waals surface area contributed by atoms with Gasteiger partial charge in [-0.15, -0.1) is 11.3 Å². The van der Waals surface area contributed by atoms with Gasteiger partial charge in [0.15, 0.2) is 0 Å². The molecule has 6 rings (SSSR count). The second kappa shape index (κ2) is 8.67. The Balaban J connectivity index is 1.24. The number of carbonyl (C=O) groups is 2. The molecule has 0 atom stereocenters. The summed E-state index contributed by atoms with van der Waals surface area (Å²) in [4.78, 5) is 36.9. The molecule has 1 spiro atoms. The molecular weight excluding hydrogens is 477 g/mol. The lowest BCUT2D eigenvalue weighted by Crippen LogP contribution is -2.42. The van der Waals surface area contributed by atoms with Crippen LogP contribution in [0.3, 0.4) is 0 Å². The zero-order chi connectivity index (χ0) is 24.9. The van der Waals surface area contributed by atoms with Gasteiger partial charge in [-0.3, -0.25) is 14.9 Å². The summed E-state index contributed by atoms with van der Waals surface area (Å²) in [7, 11) is 0. The molecule has 2 fully saturated rings. The van der Waals surface area contributed by atoms with E-state index in [0.29, 0.717) is 10.8 Å². The van der Waals surface area contributed by atoms with Crippen molar-refractivity contribution in [3.05, 3.63) is 78.2 Å². The van der Waals surface area contributed by atoms with Gasteiger partial charge in [0.05, 0.1) is 15.9 Å². The molecule has 0 radical (unpaired) electrons. The number of rotatable bonds is 5. The second-order valence-electron chi connectivity index (χ2n) is 9.56. The standard InChI is InChI=1S/C27H24FN5O2S/c1-2-24(34)32-12-11-27(16-32)13-18(14-27)33-20-6-4-3-5-19(20)30-26(33)31-25(35)22-9-8-21(36-22)17-7-10-23(28)29-15-17/h2-10,15,18H,1,11-14,16H2,(H,30,31,35)/t18-,27-. The Morgan fingerprint density at radius 1 is 1.17 bits per heavy atom. The molecule has 1 N–H and O–H groups in total. The van der Waals surface area contributed by atoms with Crippen LogP contribution in [0.1, 0.15) is 35.0 Å². The Bertz CT molecular complexity index is 1490. The molecule has 4 aromatic rings. The van der Waals surface area contributed by atoms with E-state index in [4.69, 9.17) is 4.98 Å². The van der Waals surface area contributed by atoms with Crippen molar-refractivity contribution in [2.45, 2.75) is 25.3 Å². The highest BCUT2D eigenvalue weighted by Gasteiger charge is 2.50. The number of thiophene rings is 1. The van der Waals surface area contributed by atoms with Gasteiger partial charge in [0.25, 0.3) is 5.91 Å². The van der Waals surface area contributed by atoms with E-state index >= 15 is 0 Å². The number of amides is 2. The van der Waals surface area contributed by atoms with Crippen molar-refractivity contribution in [3.63, 3.8) is 0 Å². The molecular formula is C27H24FN5O2S. The molecule has 3 aromatic heterocycles. The van der Waals surface area contributed by atoms with Gasteiger partial charge in [0.1, 0.15) is 0 Å². The predicted molar refractivity (Wildman–Crippen MR) is 137 cm³/mol. The van der Waals surface area contributed by atoms with Crippen molar-refractivity contribution in [3.8, 4) is 10.4 Å². The number of nitrogens with one attached hydrogen (secondary N) is 1. The smallest absolute Gasteiger partial charge is 0.268 e. The minimum atomic E-state index is -0.539. The van der Waals surface area contributed by atoms with E-state index in [1.807, 2.05) is 35.2 Å². The zero-order valence-electron chi connectivity index (χ0n) is 19.5. The van der Waals surface area contributed by atoms with Crippen molar-refractivity contribution in [1.29, 1.82) is 0 Å². The van der Waals surface area contributed by atoms with Crippen LogP contribution in [-0.2, 0) is 4.79 Å². The highest BCUT2D eigenvalue weighted by molar-refractivity contribution is 7.17. The summed E-state index contributed by atoms with van der Waals surface area (Å²) in [5.74, 6) is -0.266. The van der Waals surface area contributed by atoms with E-state index in [1.165, 1.54) is 29.7 Å². The maximum Gasteiger partial charge on any atom is 0.268 e. The van der Waals surface area contributed by atoms with Crippen molar-refractivity contribution < 1.29 is 14.0 Å². The molecule has 36 heavy (non-hydrogen) atoms. The number of anilines is 1. The molecule has 182 valence electrons. The largest absolute Gasteiger partial charge is 0.339 e. The number of fused-ring (bicyclic) bond motifs is 1. The molecule has 1 saturated heterocycles. The first kappa shape index (κ1) is 22.6. The first-order valence-electron chi connectivity index (χ1n) is 11.9. The van der Waals surface area contributed by atoms with Crippen molar-refractivity contribution in [1.82, 2.24) is 19.4 Å². The van der Waals surface area contributed by atoms with Crippen molar-refractivity contribution >= 4 is 40.1 Å². The third-order valence-corrected chi connectivity index (χ3v) is 8.42. The Hall–Kier alpha value is -3.85. The van der Waals surface area contributed by atoms with Gasteiger partial charge in [-0.05, 0) is 67.2 Å². The fourth-order valence-electron chi connectivity index (χ4n) is 5.51. The van der Waals surface area contributed by atoms with Crippen LogP contribution in [0.2, 0.25) is 0 Å². The van der Waals surface area contributed by atoms with Crippen LogP contribution in [0.15, 0.2) is 67.4 Å². The van der Waals surface area contributed by atoms with Crippen molar-refractivity contribution in [2.75, 3.05) is 18.4 Å². The SMILES string of the molecule is C=CC(=O)N1CC[C@]2(C1)C[C@H](n1c(NC(=O)c3ccc(-c4ccc(F)nc4)s3)nc3ccccc31)C2. The zero-order valence-corrected chi connectivity index (χ0v) is 20.3. The van der Waals surface area contributed by atoms with E-state index in [2.05, 4.69) is 21.4 Å². The Labute approximate surface area is 211 Å². The maximum absolute atomic E-state index is 13.2. The minimum Gasteiger partial charge on any atom is -0.339 e. The molecule has 1 saturated carbocycles. The average Bonchev–Trinajstić information content (AvgIpc) is 3.60. The molecule has 7 nitrogen and oxygen atoms in total. The fourth-order valence-corrected chi connectivity index (χ4v) is 6.40. The topological polar surface area (TPSA) is 80.1 Å². The summed E-state index contributed by atoms with van der Waals surface area (Å²) in [6.07, 6.45) is 5.68. The number of likely N-dealkylation sites (tertiary alicyclic amines) is 1. The molecule has 1 aliphatic carbocycles. The van der Waals surface area contributed by atoms with Gasteiger partial charge < -0.3 is 9.47 Å². The second-order valence-corrected chi connectivity index (χ2v) is 10.6. The normalized spacial score (nSPS) is 21.0. The summed E-state index contributed by atoms with van der Waals surface area (Å²) < 4.78 is 15.3. The molecule has 0 bridgehead atoms. The van der Waals surface area contributed by atoms with Crippen LogP contribution in [0.5, 0.6) is 0 Å². The number of halogens is 1. The number of imidazole rings is 1. The van der Waals surface area contributed by atoms with Gasteiger partial charge in [0.2, 0.25) is 17.8 Å². The summed E-state index contributed by atoms with van der Waals surface area (Å²) in [5.41, 5.74) is 2.68. The molecule has 2 aliphatic rings. The van der Waals surface area contributed by atoms with E-state index in [9.17, 15) is 14.0 Å². The quantitative estimate of drug-likeness (QED) is 0.298. The highest BCUT2D eigenvalue weighted by atomic mass is 32.1. The average molecular weight is 502 g/mol. The molecule has 0 unspecified atom stereocenters. The number of carbonyl (C=O) groups excluding carboxylic acids is 2. The van der Waals surface area contributed by atoms with Crippen molar-refractivity contribution in [2.24, 2.45) is 5.41 Å². The van der Waals surface area contributed by atoms with Crippen LogP contribution >= 0.6 is 11.3 Å². The number of nitrogens with zero attached hydrogens (tertiary/aromatic N) is 4. The lowest BCUT2D eigenvalue weighted by Gasteiger charge is -2.46. The highest BCUT2D eigenvalue weighted by Crippen LogP contribution is 2.55. The van der Waals surface area contributed by atoms with E-state index in [0.717, 1.165) is 53.8 Å². The number of hydrogen-bond acceptors (Lipinski definition) is 5. The Morgan fingerprint density at radius 3 is 2.78 bits per heavy atom. The number of aromatic nitrogens is 3. The first-order chi connectivity index (χ1) is 17.4. The van der Waals surface area contributed by atoms with Crippen LogP contribution in [-0.4, -0.2) is 44.3 Å². The minimum absolute atomic E-state index is 0.0110. The predicted octanol–water partition coefficient (Wildman–Crippen LogP) is 5.29. The molecule has 9 heteroatoms. The summed E-state index contributed by atoms with van der Waals surface area (Å²) in [6.45, 7) is 5.12. The number of pyridine rings is 1. The molecule has 4 heterocycles. The molecule has 2 amide bonds. The third kappa shape index (κ3) is 3.89. The van der Waals surface area contributed by atoms with Gasteiger partial charge in [-0.2, -0.15) is 4.39 Å². The van der Waals surface area contributed by atoms with Crippen LogP contribution in [0.4, 0.5) is 10.3 Å². The monoisotopic (exact) mass is 501 g/mol. The van der Waals surface area contributed by atoms with E-state index < -0.39 is 5.95 Å². The summed E-state index contributed by atoms with van der Waals surface area (Å²) in [6, 6.07) is 14.6. The Kier molecular flexibility index (Phi) is 5.44. The molecule has 1 aromatic carbocycles. The van der Waals surface area contributed by atoms with Crippen LogP contribution in [0.25, 0.3) is 21.5 Å². The van der Waals surface area contributed by atoms with Gasteiger partial charge in [-0.1, -0.05) is 18.7 Å². The summed E-state index contributed by atoms with van der Waals surface area (Å²) in [5, 5.41) is 3.02.